The van der Waals surface area contributed by atoms with E-state index < -0.39 is 0 Å². The third kappa shape index (κ3) is 5.05. The molecule has 0 saturated carbocycles. The van der Waals surface area contributed by atoms with Gasteiger partial charge < -0.3 is 30.1 Å². The first-order valence-corrected chi connectivity index (χ1v) is 10.6. The molecule has 5 heterocycles. The summed E-state index contributed by atoms with van der Waals surface area (Å²) in [6.45, 7) is 6.85. The number of ether oxygens (including phenoxy) is 2. The highest BCUT2D eigenvalue weighted by Gasteiger charge is 2.31. The second kappa shape index (κ2) is 9.35. The van der Waals surface area contributed by atoms with Gasteiger partial charge in [-0.25, -0.2) is 4.98 Å². The summed E-state index contributed by atoms with van der Waals surface area (Å²) in [6, 6.07) is 1.81. The molecule has 2 aliphatic heterocycles. The van der Waals surface area contributed by atoms with Gasteiger partial charge >= 0.3 is 0 Å². The Bertz CT molecular complexity index is 1100. The van der Waals surface area contributed by atoms with Gasteiger partial charge in [-0.3, -0.25) is 9.48 Å². The van der Waals surface area contributed by atoms with Crippen molar-refractivity contribution in [3.63, 3.8) is 0 Å². The molecule has 170 valence electrons. The molecule has 1 amide bonds. The summed E-state index contributed by atoms with van der Waals surface area (Å²) >= 11 is 0. The molecule has 11 nitrogen and oxygen atoms in total. The van der Waals surface area contributed by atoms with Crippen LogP contribution in [0.1, 0.15) is 26.0 Å². The average molecular weight is 441 g/mol. The molecule has 1 unspecified atom stereocenters. The molecule has 2 saturated heterocycles. The van der Waals surface area contributed by atoms with Crippen molar-refractivity contribution in [1.29, 1.82) is 5.41 Å². The zero-order valence-corrected chi connectivity index (χ0v) is 18.5. The van der Waals surface area contributed by atoms with Crippen molar-refractivity contribution in [1.82, 2.24) is 29.6 Å². The molecule has 0 aliphatic carbocycles. The first kappa shape index (κ1) is 21.8. The fraction of sp³-hybridized carbons (Fsp3) is 0.476. The Kier molecular flexibility index (Phi) is 6.35. The van der Waals surface area contributed by atoms with E-state index in [1.807, 2.05) is 6.07 Å². The maximum Gasteiger partial charge on any atom is 0.257 e. The standard InChI is InChI=1S/C16H18N8O2.C5H10O/c1-9(25)24-6-12(7-24)26-15-13(8-23(2)22-15)20-16-18-5-10-3-11(4-17)19-14(10)21-16;1-5-2-3-6-4-5/h3-5,8,12,17H,6-7H2,1-2H3,(H2,18,19,20,21);5H,2-4H2,1H3. The third-order valence-electron chi connectivity index (χ3n) is 5.32. The van der Waals surface area contributed by atoms with Gasteiger partial charge in [-0.2, -0.15) is 4.98 Å². The molecule has 2 aliphatic rings. The molecule has 0 radical (unpaired) electrons. The molecule has 5 rings (SSSR count). The van der Waals surface area contributed by atoms with Crippen molar-refractivity contribution in [2.24, 2.45) is 13.0 Å². The Morgan fingerprint density at radius 1 is 1.44 bits per heavy atom. The van der Waals surface area contributed by atoms with E-state index in [9.17, 15) is 4.79 Å². The maximum absolute atomic E-state index is 11.3. The Hall–Kier alpha value is -3.47. The van der Waals surface area contributed by atoms with Crippen LogP contribution >= 0.6 is 0 Å². The molecule has 3 aromatic heterocycles. The van der Waals surface area contributed by atoms with Crippen LogP contribution in [0.25, 0.3) is 11.0 Å². The van der Waals surface area contributed by atoms with E-state index in [-0.39, 0.29) is 12.0 Å². The first-order chi connectivity index (χ1) is 15.4. The lowest BCUT2D eigenvalue weighted by atomic mass is 10.2. The fourth-order valence-electron chi connectivity index (χ4n) is 3.42. The summed E-state index contributed by atoms with van der Waals surface area (Å²) in [4.78, 5) is 24.7. The number of nitrogens with one attached hydrogen (secondary N) is 3. The van der Waals surface area contributed by atoms with E-state index in [1.54, 1.807) is 35.9 Å². The van der Waals surface area contributed by atoms with Crippen molar-refractivity contribution in [2.75, 3.05) is 31.6 Å². The lowest BCUT2D eigenvalue weighted by Crippen LogP contribution is -2.55. The monoisotopic (exact) mass is 440 g/mol. The minimum Gasteiger partial charge on any atom is -0.468 e. The van der Waals surface area contributed by atoms with Gasteiger partial charge in [0.15, 0.2) is 0 Å². The van der Waals surface area contributed by atoms with Gasteiger partial charge in [-0.15, -0.1) is 5.10 Å². The largest absolute Gasteiger partial charge is 0.468 e. The number of fused-ring (bicyclic) bond motifs is 1. The zero-order valence-electron chi connectivity index (χ0n) is 18.5. The van der Waals surface area contributed by atoms with E-state index in [2.05, 4.69) is 32.3 Å². The average Bonchev–Trinajstić information content (AvgIpc) is 3.44. The quantitative estimate of drug-likeness (QED) is 0.517. The van der Waals surface area contributed by atoms with Crippen LogP contribution in [0.4, 0.5) is 11.6 Å². The first-order valence-electron chi connectivity index (χ1n) is 10.6. The number of likely N-dealkylation sites (tertiary alicyclic amines) is 1. The van der Waals surface area contributed by atoms with Crippen molar-refractivity contribution in [3.8, 4) is 5.88 Å². The number of aryl methyl sites for hydroxylation is 1. The van der Waals surface area contributed by atoms with E-state index in [1.165, 1.54) is 12.6 Å². The molecular weight excluding hydrogens is 412 g/mol. The minimum absolute atomic E-state index is 0.0427. The number of nitrogens with zero attached hydrogens (tertiary/aromatic N) is 5. The predicted molar refractivity (Wildman–Crippen MR) is 120 cm³/mol. The Labute approximate surface area is 185 Å². The summed E-state index contributed by atoms with van der Waals surface area (Å²) in [5.41, 5.74) is 1.95. The number of carbonyl (C=O) groups excluding carboxylic acids is 1. The molecular formula is C21H28N8O3. The van der Waals surface area contributed by atoms with Gasteiger partial charge in [0.2, 0.25) is 11.9 Å². The minimum atomic E-state index is -0.0729. The summed E-state index contributed by atoms with van der Waals surface area (Å²) in [5.74, 6) is 1.70. The lowest BCUT2D eigenvalue weighted by molar-refractivity contribution is -0.137. The topological polar surface area (TPSA) is 134 Å². The van der Waals surface area contributed by atoms with Crippen LogP contribution in [0.2, 0.25) is 0 Å². The number of hydrogen-bond acceptors (Lipinski definition) is 8. The van der Waals surface area contributed by atoms with Crippen molar-refractivity contribution in [3.05, 3.63) is 24.2 Å². The molecule has 0 aromatic carbocycles. The molecule has 32 heavy (non-hydrogen) atoms. The SMILES string of the molecule is CC(=O)N1CC(Oc2nn(C)cc2Nc2ncc3cc(C=N)[nH]c3n2)C1.CC1CCOC1. The van der Waals surface area contributed by atoms with Crippen molar-refractivity contribution >= 4 is 34.8 Å². The van der Waals surface area contributed by atoms with Crippen LogP contribution in [-0.2, 0) is 16.6 Å². The molecule has 3 aromatic rings. The predicted octanol–water partition coefficient (Wildman–Crippen LogP) is 2.08. The van der Waals surface area contributed by atoms with Crippen molar-refractivity contribution in [2.45, 2.75) is 26.4 Å². The van der Waals surface area contributed by atoms with Gasteiger partial charge in [0, 0.05) is 45.0 Å². The van der Waals surface area contributed by atoms with Crippen LogP contribution in [0, 0.1) is 11.3 Å². The number of H-pyrrole nitrogens is 1. The summed E-state index contributed by atoms with van der Waals surface area (Å²) in [7, 11) is 1.80. The number of rotatable bonds is 5. The van der Waals surface area contributed by atoms with E-state index >= 15 is 0 Å². The molecule has 2 fully saturated rings. The molecule has 1 atom stereocenters. The molecule has 3 N–H and O–H groups in total. The number of anilines is 2. The molecule has 11 heteroatoms. The number of aromatic nitrogens is 5. The van der Waals surface area contributed by atoms with Gasteiger partial charge in [-0.1, -0.05) is 6.92 Å². The second-order valence-corrected chi connectivity index (χ2v) is 8.15. The maximum atomic E-state index is 11.3. The number of carbonyl (C=O) groups is 1. The van der Waals surface area contributed by atoms with Crippen LogP contribution in [0.3, 0.4) is 0 Å². The third-order valence-corrected chi connectivity index (χ3v) is 5.32. The Morgan fingerprint density at radius 2 is 2.25 bits per heavy atom. The molecule has 0 bridgehead atoms. The smallest absolute Gasteiger partial charge is 0.257 e. The Morgan fingerprint density at radius 3 is 2.88 bits per heavy atom. The van der Waals surface area contributed by atoms with E-state index in [4.69, 9.17) is 14.9 Å². The fourth-order valence-corrected chi connectivity index (χ4v) is 3.42. The van der Waals surface area contributed by atoms with Gasteiger partial charge in [-0.05, 0) is 18.4 Å². The van der Waals surface area contributed by atoms with Crippen LogP contribution in [0.15, 0.2) is 18.5 Å². The summed E-state index contributed by atoms with van der Waals surface area (Å²) in [6.07, 6.45) is 5.88. The van der Waals surface area contributed by atoms with Crippen LogP contribution in [0.5, 0.6) is 5.88 Å². The lowest BCUT2D eigenvalue weighted by Gasteiger charge is -2.37. The second-order valence-electron chi connectivity index (χ2n) is 8.15. The number of amides is 1. The van der Waals surface area contributed by atoms with Crippen LogP contribution < -0.4 is 10.1 Å². The number of aromatic amines is 1. The van der Waals surface area contributed by atoms with E-state index in [0.29, 0.717) is 41.9 Å². The normalized spacial score (nSPS) is 18.1. The summed E-state index contributed by atoms with van der Waals surface area (Å²) < 4.78 is 12.6. The van der Waals surface area contributed by atoms with Gasteiger partial charge in [0.05, 0.1) is 25.0 Å². The van der Waals surface area contributed by atoms with Crippen molar-refractivity contribution < 1.29 is 14.3 Å². The number of hydrogen-bond donors (Lipinski definition) is 3. The zero-order chi connectivity index (χ0) is 22.7. The highest BCUT2D eigenvalue weighted by molar-refractivity contribution is 5.86. The highest BCUT2D eigenvalue weighted by atomic mass is 16.5. The van der Waals surface area contributed by atoms with Gasteiger partial charge in [0.25, 0.3) is 5.88 Å². The van der Waals surface area contributed by atoms with Gasteiger partial charge in [0.1, 0.15) is 17.4 Å². The Balaban J connectivity index is 0.000000354. The van der Waals surface area contributed by atoms with E-state index in [0.717, 1.165) is 24.5 Å². The highest BCUT2D eigenvalue weighted by Crippen LogP contribution is 2.27. The summed E-state index contributed by atoms with van der Waals surface area (Å²) in [5, 5.41) is 15.6. The molecule has 0 spiro atoms. The van der Waals surface area contributed by atoms with Crippen LogP contribution in [-0.4, -0.2) is 74.2 Å².